The van der Waals surface area contributed by atoms with Gasteiger partial charge in [0.1, 0.15) is 6.61 Å². The third kappa shape index (κ3) is 7.62. The van der Waals surface area contributed by atoms with Crippen LogP contribution < -0.4 is 0 Å². The van der Waals surface area contributed by atoms with Crippen LogP contribution in [-0.4, -0.2) is 49.6 Å². The van der Waals surface area contributed by atoms with Crippen molar-refractivity contribution in [3.8, 4) is 0 Å². The molecule has 35 heavy (non-hydrogen) atoms. The molecule has 0 unspecified atom stereocenters. The van der Waals surface area contributed by atoms with Gasteiger partial charge >= 0.3 is 11.9 Å². The first-order valence-electron chi connectivity index (χ1n) is 10.8. The van der Waals surface area contributed by atoms with Gasteiger partial charge in [-0.25, -0.2) is 9.59 Å². The van der Waals surface area contributed by atoms with Crippen LogP contribution in [0.15, 0.2) is 91.0 Å². The normalized spacial score (nSPS) is 13.0. The van der Waals surface area contributed by atoms with Crippen LogP contribution in [0.1, 0.15) is 26.3 Å². The summed E-state index contributed by atoms with van der Waals surface area (Å²) in [5.41, 5.74) is 1.28. The molecular weight excluding hydrogens is 452 g/mol. The summed E-state index contributed by atoms with van der Waals surface area (Å²) >= 11 is 0. The van der Waals surface area contributed by atoms with Crippen LogP contribution in [0.3, 0.4) is 0 Å². The third-order valence-electron chi connectivity index (χ3n) is 4.98. The van der Waals surface area contributed by atoms with Crippen molar-refractivity contribution in [3.05, 3.63) is 108 Å². The lowest BCUT2D eigenvalue weighted by Gasteiger charge is -2.29. The molecular formula is C27H24O8. The van der Waals surface area contributed by atoms with Gasteiger partial charge in [-0.15, -0.1) is 0 Å². The van der Waals surface area contributed by atoms with Gasteiger partial charge in [-0.3, -0.25) is 4.79 Å². The second-order valence-corrected chi connectivity index (χ2v) is 7.37. The van der Waals surface area contributed by atoms with Crippen LogP contribution in [0.4, 0.5) is 0 Å². The van der Waals surface area contributed by atoms with Gasteiger partial charge in [0.15, 0.2) is 24.6 Å². The van der Waals surface area contributed by atoms with Crippen LogP contribution in [0.25, 0.3) is 0 Å². The number of rotatable bonds is 13. The monoisotopic (exact) mass is 476 g/mol. The Morgan fingerprint density at radius 1 is 0.743 bits per heavy atom. The fourth-order valence-corrected chi connectivity index (χ4v) is 3.21. The predicted octanol–water partition coefficient (Wildman–Crippen LogP) is 3.39. The molecule has 0 N–H and O–H groups in total. The number of hydrogen-bond acceptors (Lipinski definition) is 8. The van der Waals surface area contributed by atoms with E-state index in [0.29, 0.717) is 6.29 Å². The molecule has 3 aromatic carbocycles. The zero-order chi connectivity index (χ0) is 24.9. The molecule has 180 valence electrons. The minimum atomic E-state index is -1.37. The Labute approximate surface area is 202 Å². The van der Waals surface area contributed by atoms with Gasteiger partial charge in [-0.05, 0) is 29.8 Å². The Hall–Kier alpha value is -4.30. The smallest absolute Gasteiger partial charge is 0.338 e. The lowest BCUT2D eigenvalue weighted by atomic mass is 10.1. The SMILES string of the molecule is O=CO[C@@H]([C@H](C=O)OCc1ccccc1)[C@@H](COC(=O)c1ccccc1)OC(=O)c1ccccc1. The summed E-state index contributed by atoms with van der Waals surface area (Å²) in [6.45, 7) is -0.328. The standard InChI is InChI=1S/C27H24O8/c28-16-23(32-17-20-10-4-1-5-11-20)25(34-19-29)24(35-27(31)22-14-8-3-9-15-22)18-33-26(30)21-12-6-2-7-13-21/h1-16,19,23-25H,17-18H2/t23-,24+,25-/m0/s1. The number of carbonyl (C=O) groups is 4. The van der Waals surface area contributed by atoms with E-state index < -0.39 is 36.9 Å². The molecule has 3 rings (SSSR count). The molecule has 0 heterocycles. The summed E-state index contributed by atoms with van der Waals surface area (Å²) in [6, 6.07) is 25.3. The van der Waals surface area contributed by atoms with Crippen LogP contribution in [0.2, 0.25) is 0 Å². The van der Waals surface area contributed by atoms with Gasteiger partial charge in [0.2, 0.25) is 0 Å². The highest BCUT2D eigenvalue weighted by Gasteiger charge is 2.36. The summed E-state index contributed by atoms with van der Waals surface area (Å²) in [4.78, 5) is 48.4. The third-order valence-corrected chi connectivity index (χ3v) is 4.98. The highest BCUT2D eigenvalue weighted by molar-refractivity contribution is 5.90. The molecule has 0 amide bonds. The van der Waals surface area contributed by atoms with Crippen molar-refractivity contribution in [2.24, 2.45) is 0 Å². The topological polar surface area (TPSA) is 105 Å². The maximum atomic E-state index is 12.7. The Morgan fingerprint density at radius 2 is 1.29 bits per heavy atom. The van der Waals surface area contributed by atoms with E-state index in [1.807, 2.05) is 18.2 Å². The molecule has 0 bridgehead atoms. The van der Waals surface area contributed by atoms with Crippen LogP contribution in [0, 0.1) is 0 Å². The number of esters is 2. The fraction of sp³-hybridized carbons (Fsp3) is 0.185. The van der Waals surface area contributed by atoms with Crippen molar-refractivity contribution in [3.63, 3.8) is 0 Å². The number of carbonyl (C=O) groups excluding carboxylic acids is 4. The van der Waals surface area contributed by atoms with Crippen molar-refractivity contribution >= 4 is 24.7 Å². The van der Waals surface area contributed by atoms with E-state index in [1.54, 1.807) is 60.7 Å². The largest absolute Gasteiger partial charge is 0.458 e. The molecule has 0 saturated carbocycles. The first-order valence-corrected chi connectivity index (χ1v) is 10.8. The Balaban J connectivity index is 1.80. The van der Waals surface area contributed by atoms with E-state index in [9.17, 15) is 19.2 Å². The summed E-state index contributed by atoms with van der Waals surface area (Å²) < 4.78 is 21.6. The molecule has 8 nitrogen and oxygen atoms in total. The summed E-state index contributed by atoms with van der Waals surface area (Å²) in [5, 5.41) is 0. The van der Waals surface area contributed by atoms with E-state index in [0.717, 1.165) is 5.56 Å². The highest BCUT2D eigenvalue weighted by Crippen LogP contribution is 2.17. The quantitative estimate of drug-likeness (QED) is 0.210. The number of ether oxygens (including phenoxy) is 4. The lowest BCUT2D eigenvalue weighted by molar-refractivity contribution is -0.161. The minimum Gasteiger partial charge on any atom is -0.458 e. The Bertz CT molecular complexity index is 1090. The average Bonchev–Trinajstić information content (AvgIpc) is 2.92. The van der Waals surface area contributed by atoms with Crippen LogP contribution in [-0.2, 0) is 35.1 Å². The van der Waals surface area contributed by atoms with Gasteiger partial charge in [0, 0.05) is 0 Å². The van der Waals surface area contributed by atoms with Gasteiger partial charge in [0.05, 0.1) is 17.7 Å². The van der Waals surface area contributed by atoms with Crippen LogP contribution in [0.5, 0.6) is 0 Å². The fourth-order valence-electron chi connectivity index (χ4n) is 3.21. The minimum absolute atomic E-state index is 0.0338. The van der Waals surface area contributed by atoms with E-state index in [1.165, 1.54) is 12.1 Å². The molecule has 3 atom stereocenters. The zero-order valence-corrected chi connectivity index (χ0v) is 18.7. The molecule has 0 spiro atoms. The molecule has 8 heteroatoms. The van der Waals surface area contributed by atoms with Crippen molar-refractivity contribution < 1.29 is 38.1 Å². The first-order chi connectivity index (χ1) is 17.1. The molecule has 0 aromatic heterocycles. The van der Waals surface area contributed by atoms with Crippen molar-refractivity contribution in [1.29, 1.82) is 0 Å². The number of hydrogen-bond donors (Lipinski definition) is 0. The van der Waals surface area contributed by atoms with Gasteiger partial charge in [-0.2, -0.15) is 0 Å². The van der Waals surface area contributed by atoms with E-state index in [2.05, 4.69) is 0 Å². The lowest BCUT2D eigenvalue weighted by Crippen LogP contribution is -2.47. The summed E-state index contributed by atoms with van der Waals surface area (Å²) in [7, 11) is 0. The average molecular weight is 476 g/mol. The van der Waals surface area contributed by atoms with Crippen molar-refractivity contribution in [2.75, 3.05) is 6.61 Å². The predicted molar refractivity (Wildman–Crippen MR) is 124 cm³/mol. The molecule has 0 aliphatic carbocycles. The van der Waals surface area contributed by atoms with Crippen molar-refractivity contribution in [1.82, 2.24) is 0 Å². The van der Waals surface area contributed by atoms with E-state index in [4.69, 9.17) is 18.9 Å². The molecule has 0 saturated heterocycles. The summed E-state index contributed by atoms with van der Waals surface area (Å²) in [5.74, 6) is -1.43. The van der Waals surface area contributed by atoms with Gasteiger partial charge in [-0.1, -0.05) is 66.7 Å². The first kappa shape index (κ1) is 25.3. The van der Waals surface area contributed by atoms with Gasteiger partial charge < -0.3 is 23.7 Å². The number of benzene rings is 3. The molecule has 0 fully saturated rings. The molecule has 0 aliphatic rings. The molecule has 0 aliphatic heterocycles. The van der Waals surface area contributed by atoms with Gasteiger partial charge in [0.25, 0.3) is 6.47 Å². The second-order valence-electron chi connectivity index (χ2n) is 7.37. The highest BCUT2D eigenvalue weighted by atomic mass is 16.6. The maximum Gasteiger partial charge on any atom is 0.338 e. The van der Waals surface area contributed by atoms with E-state index >= 15 is 0 Å². The maximum absolute atomic E-state index is 12.7. The van der Waals surface area contributed by atoms with Crippen molar-refractivity contribution in [2.45, 2.75) is 24.9 Å². The molecule has 0 radical (unpaired) electrons. The summed E-state index contributed by atoms with van der Waals surface area (Å²) in [6.07, 6.45) is -3.56. The second kappa shape index (κ2) is 13.4. The Kier molecular flexibility index (Phi) is 9.71. The zero-order valence-electron chi connectivity index (χ0n) is 18.7. The Morgan fingerprint density at radius 3 is 1.83 bits per heavy atom. The molecule has 3 aromatic rings. The van der Waals surface area contributed by atoms with E-state index in [-0.39, 0.29) is 24.2 Å². The van der Waals surface area contributed by atoms with Crippen LogP contribution >= 0.6 is 0 Å². The number of aldehydes is 1.